The molecule has 7 atom stereocenters. The normalized spacial score (nSPS) is 22.3. The van der Waals surface area contributed by atoms with Crippen LogP contribution in [0.1, 0.15) is 162 Å². The molecule has 0 spiro atoms. The topological polar surface area (TPSA) is 149 Å². The lowest BCUT2D eigenvalue weighted by Gasteiger charge is -2.40. The SMILES string of the molecule is CCCCC/C=C\C/C=C\CCCCCCCC(=O)NC(COC1OC(CO)C(O)C(O)C1O)C(O)/C=C/CC/C=C/CCCCCCCCCC. The van der Waals surface area contributed by atoms with Gasteiger partial charge in [-0.1, -0.05) is 140 Å². The first kappa shape index (κ1) is 48.2. The molecule has 1 rings (SSSR count). The predicted molar refractivity (Wildman–Crippen MR) is 212 cm³/mol. The summed E-state index contributed by atoms with van der Waals surface area (Å²) in [6.07, 6.45) is 34.3. The lowest BCUT2D eigenvalue weighted by molar-refractivity contribution is -0.302. The fourth-order valence-corrected chi connectivity index (χ4v) is 6.20. The number of unbranched alkanes of at least 4 members (excludes halogenated alkanes) is 17. The molecule has 0 aromatic heterocycles. The Hall–Kier alpha value is -1.85. The second-order valence-corrected chi connectivity index (χ2v) is 14.4. The Labute approximate surface area is 316 Å². The number of carbonyl (C=O) groups is 1. The van der Waals surface area contributed by atoms with Crippen molar-refractivity contribution in [2.24, 2.45) is 0 Å². The molecule has 0 saturated carbocycles. The monoisotopic (exact) mass is 736 g/mol. The Kier molecular flexibility index (Phi) is 31.2. The first-order valence-electron chi connectivity index (χ1n) is 20.9. The molecule has 0 radical (unpaired) electrons. The van der Waals surface area contributed by atoms with Gasteiger partial charge in [0.15, 0.2) is 6.29 Å². The summed E-state index contributed by atoms with van der Waals surface area (Å²) >= 11 is 0. The van der Waals surface area contributed by atoms with Gasteiger partial charge < -0.3 is 40.3 Å². The van der Waals surface area contributed by atoms with E-state index in [0.717, 1.165) is 64.2 Å². The molecule has 1 aliphatic heterocycles. The van der Waals surface area contributed by atoms with E-state index in [4.69, 9.17) is 9.47 Å². The molecule has 0 bridgehead atoms. The molecule has 1 heterocycles. The highest BCUT2D eigenvalue weighted by molar-refractivity contribution is 5.76. The van der Waals surface area contributed by atoms with Gasteiger partial charge in [-0.05, 0) is 64.2 Å². The van der Waals surface area contributed by atoms with Gasteiger partial charge in [0.05, 0.1) is 25.4 Å². The Bertz CT molecular complexity index is 951. The lowest BCUT2D eigenvalue weighted by Crippen LogP contribution is -2.60. The Morgan fingerprint density at radius 1 is 0.654 bits per heavy atom. The smallest absolute Gasteiger partial charge is 0.220 e. The standard InChI is InChI=1S/C43H77NO8/c1-3-5-7-9-11-13-15-17-19-21-23-25-27-29-31-33-39(47)44-36(35-51-43-42(50)41(49)40(48)38(34-45)52-43)37(46)32-30-28-26-24-22-20-18-16-14-12-10-8-6-4-2/h11,13,17,19,22,24,30,32,36-38,40-43,45-46,48-50H,3-10,12,14-16,18,20-21,23,25-29,31,33-35H2,1-2H3,(H,44,47)/b13-11-,19-17-,24-22+,32-30+. The van der Waals surface area contributed by atoms with Gasteiger partial charge in [0, 0.05) is 6.42 Å². The summed E-state index contributed by atoms with van der Waals surface area (Å²) in [4.78, 5) is 12.9. The van der Waals surface area contributed by atoms with Crippen molar-refractivity contribution < 1.29 is 39.8 Å². The van der Waals surface area contributed by atoms with Crippen molar-refractivity contribution in [3.63, 3.8) is 0 Å². The molecule has 1 saturated heterocycles. The van der Waals surface area contributed by atoms with E-state index >= 15 is 0 Å². The predicted octanol–water partition coefficient (Wildman–Crippen LogP) is 7.89. The third-order valence-electron chi connectivity index (χ3n) is 9.63. The van der Waals surface area contributed by atoms with Gasteiger partial charge in [-0.25, -0.2) is 0 Å². The second-order valence-electron chi connectivity index (χ2n) is 14.4. The largest absolute Gasteiger partial charge is 0.394 e. The second kappa shape index (κ2) is 33.7. The van der Waals surface area contributed by atoms with Crippen molar-refractivity contribution in [2.45, 2.75) is 204 Å². The van der Waals surface area contributed by atoms with Gasteiger partial charge in [-0.15, -0.1) is 0 Å². The maximum Gasteiger partial charge on any atom is 0.220 e. The van der Waals surface area contributed by atoms with Gasteiger partial charge in [-0.2, -0.15) is 0 Å². The first-order chi connectivity index (χ1) is 25.3. The van der Waals surface area contributed by atoms with Crippen molar-refractivity contribution in [1.29, 1.82) is 0 Å². The van der Waals surface area contributed by atoms with Crippen molar-refractivity contribution in [3.8, 4) is 0 Å². The average Bonchev–Trinajstić information content (AvgIpc) is 3.14. The molecule has 302 valence electrons. The lowest BCUT2D eigenvalue weighted by atomic mass is 9.99. The number of carbonyl (C=O) groups excluding carboxylic acids is 1. The van der Waals surface area contributed by atoms with Crippen LogP contribution in [0, 0.1) is 0 Å². The van der Waals surface area contributed by atoms with Crippen LogP contribution >= 0.6 is 0 Å². The summed E-state index contributed by atoms with van der Waals surface area (Å²) in [5.41, 5.74) is 0. The van der Waals surface area contributed by atoms with Crippen LogP contribution < -0.4 is 5.32 Å². The third kappa shape index (κ3) is 24.5. The average molecular weight is 736 g/mol. The maximum absolute atomic E-state index is 12.9. The molecule has 6 N–H and O–H groups in total. The number of ether oxygens (including phenoxy) is 2. The zero-order valence-corrected chi connectivity index (χ0v) is 32.8. The zero-order valence-electron chi connectivity index (χ0n) is 32.8. The van der Waals surface area contributed by atoms with Gasteiger partial charge >= 0.3 is 0 Å². The van der Waals surface area contributed by atoms with Gasteiger partial charge in [0.25, 0.3) is 0 Å². The highest BCUT2D eigenvalue weighted by Crippen LogP contribution is 2.22. The molecule has 1 aliphatic rings. The molecular formula is C43H77NO8. The van der Waals surface area contributed by atoms with E-state index in [-0.39, 0.29) is 12.5 Å². The quantitative estimate of drug-likeness (QED) is 0.0295. The minimum atomic E-state index is -1.57. The van der Waals surface area contributed by atoms with Gasteiger partial charge in [0.2, 0.25) is 5.91 Å². The van der Waals surface area contributed by atoms with Gasteiger partial charge in [-0.3, -0.25) is 4.79 Å². The Morgan fingerprint density at radius 2 is 1.15 bits per heavy atom. The van der Waals surface area contributed by atoms with Crippen molar-refractivity contribution in [1.82, 2.24) is 5.32 Å². The van der Waals surface area contributed by atoms with Crippen LogP contribution in [-0.4, -0.2) is 87.5 Å². The van der Waals surface area contributed by atoms with Gasteiger partial charge in [0.1, 0.15) is 24.4 Å². The summed E-state index contributed by atoms with van der Waals surface area (Å²) in [6.45, 7) is 3.69. The van der Waals surface area contributed by atoms with Crippen LogP contribution in [0.25, 0.3) is 0 Å². The zero-order chi connectivity index (χ0) is 38.1. The van der Waals surface area contributed by atoms with E-state index in [9.17, 15) is 30.3 Å². The summed E-state index contributed by atoms with van der Waals surface area (Å²) in [5, 5.41) is 54.0. The van der Waals surface area contributed by atoms with Crippen molar-refractivity contribution >= 4 is 5.91 Å². The number of aliphatic hydroxyl groups is 5. The van der Waals surface area contributed by atoms with Crippen molar-refractivity contribution in [2.75, 3.05) is 13.2 Å². The number of rotatable bonds is 33. The van der Waals surface area contributed by atoms with E-state index in [1.165, 1.54) is 77.0 Å². The number of nitrogens with one attached hydrogen (secondary N) is 1. The van der Waals surface area contributed by atoms with E-state index in [2.05, 4.69) is 55.6 Å². The van der Waals surface area contributed by atoms with Crippen LogP contribution in [0.4, 0.5) is 0 Å². The third-order valence-corrected chi connectivity index (χ3v) is 9.63. The van der Waals surface area contributed by atoms with Crippen molar-refractivity contribution in [3.05, 3.63) is 48.6 Å². The Balaban J connectivity index is 2.46. The summed E-state index contributed by atoms with van der Waals surface area (Å²) in [5.74, 6) is -0.204. The highest BCUT2D eigenvalue weighted by Gasteiger charge is 2.44. The fourth-order valence-electron chi connectivity index (χ4n) is 6.20. The minimum Gasteiger partial charge on any atom is -0.394 e. The summed E-state index contributed by atoms with van der Waals surface area (Å²) in [6, 6.07) is -0.827. The Morgan fingerprint density at radius 3 is 1.77 bits per heavy atom. The first-order valence-corrected chi connectivity index (χ1v) is 20.9. The number of amides is 1. The summed E-state index contributed by atoms with van der Waals surface area (Å²) in [7, 11) is 0. The summed E-state index contributed by atoms with van der Waals surface area (Å²) < 4.78 is 11.2. The van der Waals surface area contributed by atoms with E-state index in [1.807, 2.05) is 6.08 Å². The molecule has 1 fully saturated rings. The molecular weight excluding hydrogens is 658 g/mol. The molecule has 7 unspecified atom stereocenters. The van der Waals surface area contributed by atoms with Crippen LogP contribution in [0.3, 0.4) is 0 Å². The molecule has 52 heavy (non-hydrogen) atoms. The molecule has 0 aliphatic carbocycles. The minimum absolute atomic E-state index is 0.204. The molecule has 9 heteroatoms. The number of hydrogen-bond acceptors (Lipinski definition) is 8. The molecule has 0 aromatic carbocycles. The van der Waals surface area contributed by atoms with Crippen LogP contribution in [0.5, 0.6) is 0 Å². The van der Waals surface area contributed by atoms with Crippen LogP contribution in [-0.2, 0) is 14.3 Å². The van der Waals surface area contributed by atoms with E-state index in [0.29, 0.717) is 6.42 Å². The number of hydrogen-bond donors (Lipinski definition) is 6. The van der Waals surface area contributed by atoms with Crippen LogP contribution in [0.2, 0.25) is 0 Å². The highest BCUT2D eigenvalue weighted by atomic mass is 16.7. The number of allylic oxidation sites excluding steroid dienone is 7. The molecule has 1 amide bonds. The fraction of sp³-hybridized carbons (Fsp3) is 0.791. The van der Waals surface area contributed by atoms with E-state index in [1.54, 1.807) is 6.08 Å². The molecule has 9 nitrogen and oxygen atoms in total. The molecule has 0 aromatic rings. The maximum atomic E-state index is 12.9. The number of aliphatic hydroxyl groups excluding tert-OH is 5. The van der Waals surface area contributed by atoms with E-state index < -0.39 is 49.5 Å². The van der Waals surface area contributed by atoms with Crippen LogP contribution in [0.15, 0.2) is 48.6 Å².